The van der Waals surface area contributed by atoms with Crippen molar-refractivity contribution in [2.24, 2.45) is 11.8 Å². The number of aryl methyl sites for hydroxylation is 1. The summed E-state index contributed by atoms with van der Waals surface area (Å²) in [5.41, 5.74) is 2.61. The Hall–Kier alpha value is -3.39. The number of nitrogens with one attached hydrogen (secondary N) is 1. The molecule has 3 atom stereocenters. The highest BCUT2D eigenvalue weighted by Crippen LogP contribution is 2.38. The molecule has 1 saturated heterocycles. The number of carbonyl (C=O) groups excluding carboxylic acids is 2. The van der Waals surface area contributed by atoms with E-state index in [0.717, 1.165) is 43.3 Å². The third kappa shape index (κ3) is 6.75. The first kappa shape index (κ1) is 29.1. The van der Waals surface area contributed by atoms with Crippen molar-refractivity contribution in [3.63, 3.8) is 0 Å². The molecule has 2 fully saturated rings. The standard InChI is InChI=1S/C32H40ClN5O3/c1-5-29(39)37-13-7-6-8-24(19-37)38-30-27(33)17-26(41-25-14-20(2)9-10-21(3)15-25)18-28(30)35-32(38)36-31(40)23-11-12-34-22(4)16-23/h5,11-12,16-18,20-21,24-25H,1,6-10,13-15,19H2,2-4H3,(H,35,36,40)/t20?,21?,24-,25?/m1/s1. The number of likely N-dealkylation sites (tertiary alicyclic amines) is 1. The molecule has 1 N–H and O–H groups in total. The Morgan fingerprint density at radius 1 is 1.12 bits per heavy atom. The molecule has 1 aliphatic heterocycles. The molecule has 0 spiro atoms. The van der Waals surface area contributed by atoms with Gasteiger partial charge in [-0.05, 0) is 69.1 Å². The smallest absolute Gasteiger partial charge is 0.258 e. The second kappa shape index (κ2) is 12.6. The van der Waals surface area contributed by atoms with Crippen LogP contribution in [0.5, 0.6) is 5.75 Å². The van der Waals surface area contributed by atoms with E-state index in [9.17, 15) is 9.59 Å². The Bertz CT molecular complexity index is 1420. The van der Waals surface area contributed by atoms with Gasteiger partial charge in [-0.2, -0.15) is 0 Å². The van der Waals surface area contributed by atoms with Gasteiger partial charge in [-0.3, -0.25) is 19.9 Å². The van der Waals surface area contributed by atoms with Gasteiger partial charge >= 0.3 is 0 Å². The topological polar surface area (TPSA) is 89.4 Å². The number of hydrogen-bond donors (Lipinski definition) is 1. The molecule has 1 aromatic carbocycles. The molecule has 2 aromatic heterocycles. The number of amides is 2. The summed E-state index contributed by atoms with van der Waals surface area (Å²) in [6.45, 7) is 11.2. The van der Waals surface area contributed by atoms with E-state index in [-0.39, 0.29) is 24.0 Å². The van der Waals surface area contributed by atoms with Crippen molar-refractivity contribution >= 4 is 40.4 Å². The SMILES string of the molecule is C=CC(=O)N1CCCC[C@@H](n2c(NC(=O)c3ccnc(C)c3)nc3cc(OC4CC(C)CCC(C)C4)cc(Cl)c32)C1. The number of halogens is 1. The number of aromatic nitrogens is 3. The Morgan fingerprint density at radius 2 is 1.88 bits per heavy atom. The number of fused-ring (bicyclic) bond motifs is 1. The average Bonchev–Trinajstić information content (AvgIpc) is 3.05. The molecule has 2 amide bonds. The van der Waals surface area contributed by atoms with Gasteiger partial charge < -0.3 is 14.2 Å². The summed E-state index contributed by atoms with van der Waals surface area (Å²) in [6.07, 6.45) is 10.2. The number of pyridine rings is 1. The van der Waals surface area contributed by atoms with Gasteiger partial charge in [0.15, 0.2) is 0 Å². The molecule has 5 rings (SSSR count). The number of anilines is 1. The van der Waals surface area contributed by atoms with E-state index in [1.165, 1.54) is 18.9 Å². The van der Waals surface area contributed by atoms with Crippen molar-refractivity contribution < 1.29 is 14.3 Å². The van der Waals surface area contributed by atoms with E-state index in [1.807, 2.05) is 28.5 Å². The summed E-state index contributed by atoms with van der Waals surface area (Å²) in [5, 5.41) is 3.53. The van der Waals surface area contributed by atoms with Crippen molar-refractivity contribution in [3.8, 4) is 5.75 Å². The van der Waals surface area contributed by atoms with Crippen molar-refractivity contribution in [3.05, 3.63) is 59.4 Å². The molecule has 8 nitrogen and oxygen atoms in total. The van der Waals surface area contributed by atoms with Crippen LogP contribution in [0.2, 0.25) is 5.02 Å². The zero-order chi connectivity index (χ0) is 29.1. The lowest BCUT2D eigenvalue weighted by Crippen LogP contribution is -2.34. The molecule has 1 saturated carbocycles. The molecule has 41 heavy (non-hydrogen) atoms. The van der Waals surface area contributed by atoms with Crippen molar-refractivity contribution in [1.82, 2.24) is 19.4 Å². The Labute approximate surface area is 247 Å². The predicted molar refractivity (Wildman–Crippen MR) is 163 cm³/mol. The van der Waals surface area contributed by atoms with Crippen LogP contribution in [-0.2, 0) is 4.79 Å². The lowest BCUT2D eigenvalue weighted by molar-refractivity contribution is -0.126. The highest BCUT2D eigenvalue weighted by atomic mass is 35.5. The summed E-state index contributed by atoms with van der Waals surface area (Å²) in [7, 11) is 0. The summed E-state index contributed by atoms with van der Waals surface area (Å²) in [4.78, 5) is 36.9. The minimum absolute atomic E-state index is 0.104. The largest absolute Gasteiger partial charge is 0.490 e. The van der Waals surface area contributed by atoms with E-state index in [4.69, 9.17) is 21.3 Å². The van der Waals surface area contributed by atoms with Crippen LogP contribution in [-0.4, -0.2) is 50.4 Å². The first-order chi connectivity index (χ1) is 19.7. The fourth-order valence-corrected chi connectivity index (χ4v) is 6.57. The molecule has 1 aliphatic carbocycles. The predicted octanol–water partition coefficient (Wildman–Crippen LogP) is 6.98. The van der Waals surface area contributed by atoms with E-state index in [2.05, 4.69) is 30.7 Å². The second-order valence-electron chi connectivity index (χ2n) is 11.9. The van der Waals surface area contributed by atoms with Gasteiger partial charge in [0, 0.05) is 42.7 Å². The van der Waals surface area contributed by atoms with Crippen LogP contribution < -0.4 is 10.1 Å². The maximum absolute atomic E-state index is 13.3. The summed E-state index contributed by atoms with van der Waals surface area (Å²) in [6, 6.07) is 7.08. The number of hydrogen-bond acceptors (Lipinski definition) is 5. The highest BCUT2D eigenvalue weighted by Gasteiger charge is 2.29. The van der Waals surface area contributed by atoms with Gasteiger partial charge in [0.25, 0.3) is 5.91 Å². The van der Waals surface area contributed by atoms with Crippen LogP contribution in [0.25, 0.3) is 11.0 Å². The molecule has 2 aliphatic rings. The normalized spacial score (nSPS) is 23.5. The Kier molecular flexibility index (Phi) is 8.97. The van der Waals surface area contributed by atoms with Crippen LogP contribution >= 0.6 is 11.6 Å². The van der Waals surface area contributed by atoms with Gasteiger partial charge in [0.2, 0.25) is 11.9 Å². The zero-order valence-corrected chi connectivity index (χ0v) is 25.0. The van der Waals surface area contributed by atoms with Crippen molar-refractivity contribution in [1.29, 1.82) is 0 Å². The molecule has 218 valence electrons. The first-order valence-electron chi connectivity index (χ1n) is 14.7. The van der Waals surface area contributed by atoms with Gasteiger partial charge in [-0.15, -0.1) is 0 Å². The number of nitrogens with zero attached hydrogens (tertiary/aromatic N) is 4. The van der Waals surface area contributed by atoms with Gasteiger partial charge in [0.05, 0.1) is 28.2 Å². The number of ether oxygens (including phenoxy) is 1. The zero-order valence-electron chi connectivity index (χ0n) is 24.2. The van der Waals surface area contributed by atoms with Crippen LogP contribution in [0.3, 0.4) is 0 Å². The Balaban J connectivity index is 1.54. The van der Waals surface area contributed by atoms with Crippen molar-refractivity contribution in [2.45, 2.75) is 77.9 Å². The van der Waals surface area contributed by atoms with Crippen molar-refractivity contribution in [2.75, 3.05) is 18.4 Å². The summed E-state index contributed by atoms with van der Waals surface area (Å²) < 4.78 is 8.51. The molecule has 0 bridgehead atoms. The molecule has 3 heterocycles. The van der Waals surface area contributed by atoms with Crippen LogP contribution in [0, 0.1) is 18.8 Å². The summed E-state index contributed by atoms with van der Waals surface area (Å²) in [5.74, 6) is 1.91. The molecular weight excluding hydrogens is 538 g/mol. The fourth-order valence-electron chi connectivity index (χ4n) is 6.28. The lowest BCUT2D eigenvalue weighted by atomic mass is 10.0. The second-order valence-corrected chi connectivity index (χ2v) is 12.3. The molecule has 3 aromatic rings. The highest BCUT2D eigenvalue weighted by molar-refractivity contribution is 6.35. The minimum atomic E-state index is -0.284. The molecule has 2 unspecified atom stereocenters. The van der Waals surface area contributed by atoms with Crippen LogP contribution in [0.4, 0.5) is 5.95 Å². The third-order valence-corrected chi connectivity index (χ3v) is 8.67. The van der Waals surface area contributed by atoms with E-state index < -0.39 is 0 Å². The number of imidazole rings is 1. The van der Waals surface area contributed by atoms with Gasteiger partial charge in [-0.1, -0.05) is 44.9 Å². The number of benzene rings is 1. The molecule has 9 heteroatoms. The monoisotopic (exact) mass is 577 g/mol. The fraction of sp³-hybridized carbons (Fsp3) is 0.500. The maximum Gasteiger partial charge on any atom is 0.258 e. The third-order valence-electron chi connectivity index (χ3n) is 8.38. The minimum Gasteiger partial charge on any atom is -0.490 e. The summed E-state index contributed by atoms with van der Waals surface area (Å²) >= 11 is 6.99. The van der Waals surface area contributed by atoms with E-state index >= 15 is 0 Å². The van der Waals surface area contributed by atoms with E-state index in [0.29, 0.717) is 52.7 Å². The van der Waals surface area contributed by atoms with Gasteiger partial charge in [-0.25, -0.2) is 4.98 Å². The van der Waals surface area contributed by atoms with Crippen LogP contribution in [0.1, 0.15) is 80.9 Å². The van der Waals surface area contributed by atoms with Crippen LogP contribution in [0.15, 0.2) is 43.1 Å². The molecular formula is C32H40ClN5O3. The lowest BCUT2D eigenvalue weighted by Gasteiger charge is -2.26. The van der Waals surface area contributed by atoms with Gasteiger partial charge in [0.1, 0.15) is 5.75 Å². The first-order valence-corrected chi connectivity index (χ1v) is 15.1. The number of carbonyl (C=O) groups is 2. The average molecular weight is 578 g/mol. The molecule has 0 radical (unpaired) electrons. The number of rotatable bonds is 6. The Morgan fingerprint density at radius 3 is 2.59 bits per heavy atom. The van der Waals surface area contributed by atoms with E-state index in [1.54, 1.807) is 18.3 Å². The quantitative estimate of drug-likeness (QED) is 0.252. The maximum atomic E-state index is 13.3.